The highest BCUT2D eigenvalue weighted by Crippen LogP contribution is 2.58. The van der Waals surface area contributed by atoms with Crippen molar-refractivity contribution in [3.8, 4) is 45.3 Å². The van der Waals surface area contributed by atoms with Crippen LogP contribution in [0, 0.1) is 27.7 Å². The number of rotatable bonds is 9. The molecule has 2 aliphatic heterocycles. The first-order valence-corrected chi connectivity index (χ1v) is 22.4. The lowest BCUT2D eigenvalue weighted by Crippen LogP contribution is -2.58. The van der Waals surface area contributed by atoms with Crippen molar-refractivity contribution < 1.29 is 17.7 Å². The minimum atomic E-state index is -0.575. The number of hydrogen-bond acceptors (Lipinski definition) is 8. The standard InChI is InChI=1S/C58H46N4O4/c1-37-33-45-46(34-38(37)2)60(54-30-26-50(64-54)42-19-11-6-12-20-42)57(59(45)53-29-25-49(63-53)41-17-9-5-10-18-41)58-61(55-31-27-51(65-55)43-21-13-7-14-22-43)47-35-39(3)40(4)36-48(47)62(58)56-32-28-52(66-56)44-23-15-8-16-24-44/h5-36,57-58H,1-4H3. The van der Waals surface area contributed by atoms with Gasteiger partial charge in [-0.3, -0.25) is 19.6 Å². The molecule has 10 aromatic rings. The van der Waals surface area contributed by atoms with Crippen molar-refractivity contribution in [3.63, 3.8) is 0 Å². The van der Waals surface area contributed by atoms with Crippen LogP contribution < -0.4 is 19.6 Å². The maximum Gasteiger partial charge on any atom is 0.202 e. The van der Waals surface area contributed by atoms with E-state index in [0.717, 1.165) is 90.3 Å². The van der Waals surface area contributed by atoms with E-state index in [1.807, 2.05) is 72.8 Å². The van der Waals surface area contributed by atoms with Gasteiger partial charge < -0.3 is 17.7 Å². The van der Waals surface area contributed by atoms with Crippen LogP contribution in [0.25, 0.3) is 45.3 Å². The van der Waals surface area contributed by atoms with Gasteiger partial charge in [-0.2, -0.15) is 0 Å². The first-order chi connectivity index (χ1) is 32.4. The maximum absolute atomic E-state index is 7.04. The maximum atomic E-state index is 7.04. The van der Waals surface area contributed by atoms with Gasteiger partial charge in [-0.25, -0.2) is 0 Å². The molecule has 0 fully saturated rings. The molecule has 8 nitrogen and oxygen atoms in total. The molecule has 2 aliphatic rings. The molecule has 0 spiro atoms. The molecule has 0 saturated heterocycles. The van der Waals surface area contributed by atoms with Crippen molar-refractivity contribution in [2.45, 2.75) is 40.0 Å². The van der Waals surface area contributed by atoms with Gasteiger partial charge in [0.25, 0.3) is 0 Å². The van der Waals surface area contributed by atoms with Crippen molar-refractivity contribution in [3.05, 3.63) is 216 Å². The highest BCUT2D eigenvalue weighted by Gasteiger charge is 2.54. The van der Waals surface area contributed by atoms with Crippen molar-refractivity contribution in [1.82, 2.24) is 0 Å². The molecule has 0 atom stereocenters. The molecule has 0 radical (unpaired) electrons. The van der Waals surface area contributed by atoms with Crippen LogP contribution >= 0.6 is 0 Å². The SMILES string of the molecule is Cc1cc2c(cc1C)N(c1ccc(-c3ccccc3)o1)C(C1N(c3ccc(-c4ccccc4)o3)c3cc(C)c(C)cc3N1c1ccc(-c3ccccc3)o1)N2c1ccc(-c2ccccc2)o1. The average Bonchev–Trinajstić information content (AvgIpc) is 4.23. The molecule has 0 amide bonds. The summed E-state index contributed by atoms with van der Waals surface area (Å²) >= 11 is 0. The second kappa shape index (κ2) is 15.7. The van der Waals surface area contributed by atoms with E-state index in [1.54, 1.807) is 0 Å². The summed E-state index contributed by atoms with van der Waals surface area (Å²) < 4.78 is 28.1. The number of fused-ring (bicyclic) bond motifs is 2. The summed E-state index contributed by atoms with van der Waals surface area (Å²) in [5.74, 6) is 5.79. The Kier molecular flexibility index (Phi) is 9.34. The van der Waals surface area contributed by atoms with Crippen LogP contribution in [-0.4, -0.2) is 12.3 Å². The predicted molar refractivity (Wildman–Crippen MR) is 265 cm³/mol. The summed E-state index contributed by atoms with van der Waals surface area (Å²) in [6, 6.07) is 66.7. The number of furan rings is 4. The zero-order valence-electron chi connectivity index (χ0n) is 37.1. The number of nitrogens with zero attached hydrogens (tertiary/aromatic N) is 4. The van der Waals surface area contributed by atoms with Crippen LogP contribution in [0.1, 0.15) is 22.3 Å². The van der Waals surface area contributed by atoms with Crippen LogP contribution in [0.4, 0.5) is 46.3 Å². The second-order valence-electron chi connectivity index (χ2n) is 17.2. The fourth-order valence-electron chi connectivity index (χ4n) is 9.53. The van der Waals surface area contributed by atoms with E-state index >= 15 is 0 Å². The normalized spacial score (nSPS) is 13.8. The molecule has 322 valence electrons. The van der Waals surface area contributed by atoms with Crippen molar-refractivity contribution in [2.75, 3.05) is 19.6 Å². The largest absolute Gasteiger partial charge is 0.440 e. The van der Waals surface area contributed by atoms with E-state index in [-0.39, 0.29) is 0 Å². The van der Waals surface area contributed by atoms with Gasteiger partial charge in [0.1, 0.15) is 23.0 Å². The van der Waals surface area contributed by atoms with Crippen molar-refractivity contribution >= 4 is 46.3 Å². The molecule has 0 bridgehead atoms. The van der Waals surface area contributed by atoms with E-state index in [4.69, 9.17) is 17.7 Å². The van der Waals surface area contributed by atoms with Crippen LogP contribution in [0.15, 0.2) is 212 Å². The molecule has 66 heavy (non-hydrogen) atoms. The van der Waals surface area contributed by atoms with Gasteiger partial charge in [0.15, 0.2) is 12.3 Å². The third-order valence-electron chi connectivity index (χ3n) is 13.1. The van der Waals surface area contributed by atoms with Gasteiger partial charge in [0.05, 0.1) is 22.7 Å². The quantitative estimate of drug-likeness (QED) is 0.142. The third-order valence-corrected chi connectivity index (χ3v) is 13.1. The fraction of sp³-hybridized carbons (Fsp3) is 0.103. The lowest BCUT2D eigenvalue weighted by Gasteiger charge is -2.41. The van der Waals surface area contributed by atoms with E-state index in [2.05, 4.69) is 169 Å². The highest BCUT2D eigenvalue weighted by molar-refractivity contribution is 5.94. The van der Waals surface area contributed by atoms with Crippen LogP contribution in [0.5, 0.6) is 0 Å². The van der Waals surface area contributed by atoms with Crippen molar-refractivity contribution in [2.24, 2.45) is 0 Å². The first kappa shape index (κ1) is 39.2. The summed E-state index contributed by atoms with van der Waals surface area (Å²) in [6.07, 6.45) is -1.15. The minimum absolute atomic E-state index is 0.575. The zero-order valence-corrected chi connectivity index (χ0v) is 37.1. The molecule has 0 N–H and O–H groups in total. The second-order valence-corrected chi connectivity index (χ2v) is 17.2. The smallest absolute Gasteiger partial charge is 0.202 e. The number of hydrogen-bond donors (Lipinski definition) is 0. The Morgan fingerprint density at radius 3 is 0.697 bits per heavy atom. The summed E-state index contributed by atoms with van der Waals surface area (Å²) in [6.45, 7) is 8.67. The van der Waals surface area contributed by atoms with Gasteiger partial charge in [0, 0.05) is 46.5 Å². The molecule has 0 aliphatic carbocycles. The third kappa shape index (κ3) is 6.52. The molecule has 6 heterocycles. The number of benzene rings is 6. The lowest BCUT2D eigenvalue weighted by molar-refractivity contribution is 0.452. The Hall–Kier alpha value is -8.36. The molecule has 12 rings (SSSR count). The van der Waals surface area contributed by atoms with E-state index in [0.29, 0.717) is 23.5 Å². The Morgan fingerprint density at radius 1 is 0.273 bits per heavy atom. The highest BCUT2D eigenvalue weighted by atomic mass is 16.4. The molecular formula is C58H46N4O4. The van der Waals surface area contributed by atoms with Crippen LogP contribution in [0.2, 0.25) is 0 Å². The number of aryl methyl sites for hydroxylation is 4. The topological polar surface area (TPSA) is 65.5 Å². The number of anilines is 8. The Balaban J connectivity index is 1.14. The monoisotopic (exact) mass is 862 g/mol. The molecular weight excluding hydrogens is 817 g/mol. The van der Waals surface area contributed by atoms with Gasteiger partial charge in [-0.1, -0.05) is 121 Å². The van der Waals surface area contributed by atoms with Crippen LogP contribution in [-0.2, 0) is 0 Å². The first-order valence-electron chi connectivity index (χ1n) is 22.4. The Bertz CT molecular complexity index is 2900. The molecule has 6 aromatic carbocycles. The summed E-state index contributed by atoms with van der Waals surface area (Å²) in [7, 11) is 0. The van der Waals surface area contributed by atoms with Gasteiger partial charge in [-0.05, 0) is 98.5 Å². The average molecular weight is 863 g/mol. The molecule has 4 aromatic heterocycles. The van der Waals surface area contributed by atoms with Gasteiger partial charge in [0.2, 0.25) is 23.5 Å². The van der Waals surface area contributed by atoms with Crippen LogP contribution in [0.3, 0.4) is 0 Å². The molecule has 0 unspecified atom stereocenters. The lowest BCUT2D eigenvalue weighted by atomic mass is 10.1. The predicted octanol–water partition coefficient (Wildman–Crippen LogP) is 15.9. The Labute approximate surface area is 383 Å². The zero-order chi connectivity index (χ0) is 44.5. The summed E-state index contributed by atoms with van der Waals surface area (Å²) in [5.41, 5.74) is 12.5. The minimum Gasteiger partial charge on any atom is -0.440 e. The molecule has 8 heteroatoms. The Morgan fingerprint density at radius 2 is 0.485 bits per heavy atom. The summed E-state index contributed by atoms with van der Waals surface area (Å²) in [5, 5.41) is 0. The van der Waals surface area contributed by atoms with Gasteiger partial charge in [-0.15, -0.1) is 0 Å². The van der Waals surface area contributed by atoms with Crippen molar-refractivity contribution in [1.29, 1.82) is 0 Å². The van der Waals surface area contributed by atoms with Gasteiger partial charge >= 0.3 is 0 Å². The van der Waals surface area contributed by atoms with E-state index in [9.17, 15) is 0 Å². The van der Waals surface area contributed by atoms with E-state index < -0.39 is 12.3 Å². The molecule has 0 saturated carbocycles. The fourth-order valence-corrected chi connectivity index (χ4v) is 9.53. The van der Waals surface area contributed by atoms with E-state index in [1.165, 1.54) is 0 Å². The summed E-state index contributed by atoms with van der Waals surface area (Å²) in [4.78, 5) is 9.32.